The van der Waals surface area contributed by atoms with Gasteiger partial charge in [-0.3, -0.25) is 14.4 Å². The Kier molecular flexibility index (Phi) is 48.4. The first-order chi connectivity index (χ1) is 30.5. The maximum Gasteiger partial charge on any atom is 0.306 e. The molecule has 358 valence electrons. The molecule has 6 heteroatoms. The van der Waals surface area contributed by atoms with E-state index in [4.69, 9.17) is 14.2 Å². The van der Waals surface area contributed by atoms with Gasteiger partial charge in [0.25, 0.3) is 0 Å². The predicted molar refractivity (Wildman–Crippen MR) is 265 cm³/mol. The zero-order valence-corrected chi connectivity index (χ0v) is 40.9. The van der Waals surface area contributed by atoms with E-state index < -0.39 is 6.10 Å². The molecule has 0 N–H and O–H groups in total. The zero-order valence-electron chi connectivity index (χ0n) is 40.9. The van der Waals surface area contributed by atoms with Crippen molar-refractivity contribution >= 4 is 17.9 Å². The molecule has 0 radical (unpaired) electrons. The van der Waals surface area contributed by atoms with Crippen LogP contribution in [0.15, 0.2) is 60.8 Å². The number of carbonyl (C=O) groups is 3. The highest BCUT2D eigenvalue weighted by molar-refractivity contribution is 5.71. The van der Waals surface area contributed by atoms with Gasteiger partial charge in [0.15, 0.2) is 6.10 Å². The summed E-state index contributed by atoms with van der Waals surface area (Å²) in [6.07, 6.45) is 62.0. The number of ether oxygens (including phenoxy) is 3. The largest absolute Gasteiger partial charge is 0.462 e. The van der Waals surface area contributed by atoms with Crippen LogP contribution in [0.2, 0.25) is 0 Å². The van der Waals surface area contributed by atoms with E-state index in [1.165, 1.54) is 116 Å². The number of unbranched alkanes of at least 4 members (excludes halogenated alkanes) is 26. The van der Waals surface area contributed by atoms with Crippen molar-refractivity contribution in [2.24, 2.45) is 0 Å². The van der Waals surface area contributed by atoms with Crippen LogP contribution in [0.1, 0.15) is 258 Å². The van der Waals surface area contributed by atoms with E-state index in [2.05, 4.69) is 81.5 Å². The fourth-order valence-corrected chi connectivity index (χ4v) is 7.27. The van der Waals surface area contributed by atoms with Gasteiger partial charge in [0.05, 0.1) is 0 Å². The summed E-state index contributed by atoms with van der Waals surface area (Å²) in [7, 11) is 0. The standard InChI is InChI=1S/C56H98O6/c1-4-7-10-13-16-19-22-25-27-28-29-32-34-37-40-43-46-49-55(58)61-52-53(51-60-54(57)48-45-42-39-36-33-30-24-21-18-15-12-9-6-3)62-56(59)50-47-44-41-38-35-31-26-23-20-17-14-11-8-5-2/h8,11,16-17,19-20,25,27,30,33,53H,4-7,9-10,12-15,18,21-24,26,28-29,31-32,34-52H2,1-3H3/b11-8-,19-16-,20-17-,27-25-,33-30-. The van der Waals surface area contributed by atoms with Gasteiger partial charge in [-0.25, -0.2) is 0 Å². The molecule has 0 amide bonds. The van der Waals surface area contributed by atoms with Crippen LogP contribution < -0.4 is 0 Å². The van der Waals surface area contributed by atoms with E-state index in [-0.39, 0.29) is 31.1 Å². The fourth-order valence-electron chi connectivity index (χ4n) is 7.27. The Bertz CT molecular complexity index is 1130. The lowest BCUT2D eigenvalue weighted by Crippen LogP contribution is -2.30. The molecule has 0 aromatic heterocycles. The molecular formula is C56H98O6. The van der Waals surface area contributed by atoms with Crippen LogP contribution in [0.4, 0.5) is 0 Å². The van der Waals surface area contributed by atoms with Crippen LogP contribution in [0.25, 0.3) is 0 Å². The summed E-state index contributed by atoms with van der Waals surface area (Å²) in [5.41, 5.74) is 0. The molecule has 0 aromatic carbocycles. The number of esters is 3. The maximum absolute atomic E-state index is 12.8. The third-order valence-corrected chi connectivity index (χ3v) is 11.2. The molecular weight excluding hydrogens is 769 g/mol. The highest BCUT2D eigenvalue weighted by Gasteiger charge is 2.19. The first kappa shape index (κ1) is 59.1. The molecule has 0 aromatic rings. The van der Waals surface area contributed by atoms with E-state index in [1.807, 2.05) is 0 Å². The Labute approximate surface area is 383 Å². The van der Waals surface area contributed by atoms with Crippen molar-refractivity contribution in [2.45, 2.75) is 264 Å². The highest BCUT2D eigenvalue weighted by atomic mass is 16.6. The molecule has 0 fully saturated rings. The topological polar surface area (TPSA) is 78.9 Å². The third kappa shape index (κ3) is 48.1. The van der Waals surface area contributed by atoms with E-state index >= 15 is 0 Å². The van der Waals surface area contributed by atoms with Crippen LogP contribution >= 0.6 is 0 Å². The van der Waals surface area contributed by atoms with Crippen LogP contribution in [-0.2, 0) is 28.6 Å². The SMILES string of the molecule is CC/C=C\C/C=C\CCCCCCCCCC(=O)OC(COC(=O)CCCCC/C=C\CCCCCCCC)COC(=O)CCCCCCCCC/C=C\C/C=C\CCCCC. The summed E-state index contributed by atoms with van der Waals surface area (Å²) >= 11 is 0. The van der Waals surface area contributed by atoms with Crippen molar-refractivity contribution in [3.63, 3.8) is 0 Å². The number of rotatable bonds is 47. The zero-order chi connectivity index (χ0) is 45.1. The van der Waals surface area contributed by atoms with E-state index in [0.29, 0.717) is 19.3 Å². The van der Waals surface area contributed by atoms with Crippen molar-refractivity contribution in [2.75, 3.05) is 13.2 Å². The van der Waals surface area contributed by atoms with Crippen LogP contribution in [-0.4, -0.2) is 37.2 Å². The smallest absolute Gasteiger partial charge is 0.306 e. The normalized spacial score (nSPS) is 12.5. The van der Waals surface area contributed by atoms with E-state index in [0.717, 1.165) is 103 Å². The average molecular weight is 867 g/mol. The molecule has 0 saturated heterocycles. The Morgan fingerprint density at radius 2 is 0.629 bits per heavy atom. The van der Waals surface area contributed by atoms with Gasteiger partial charge < -0.3 is 14.2 Å². The molecule has 0 rings (SSSR count). The second-order valence-corrected chi connectivity index (χ2v) is 17.4. The molecule has 0 aliphatic heterocycles. The van der Waals surface area contributed by atoms with Gasteiger partial charge in [0.1, 0.15) is 13.2 Å². The van der Waals surface area contributed by atoms with Gasteiger partial charge in [-0.05, 0) is 103 Å². The number of hydrogen-bond acceptors (Lipinski definition) is 6. The predicted octanol–water partition coefficient (Wildman–Crippen LogP) is 17.3. The molecule has 6 nitrogen and oxygen atoms in total. The molecule has 0 spiro atoms. The summed E-state index contributed by atoms with van der Waals surface area (Å²) in [4.78, 5) is 38.0. The maximum atomic E-state index is 12.8. The van der Waals surface area contributed by atoms with Crippen LogP contribution in [0.5, 0.6) is 0 Å². The summed E-state index contributed by atoms with van der Waals surface area (Å²) < 4.78 is 16.8. The van der Waals surface area contributed by atoms with Gasteiger partial charge in [-0.15, -0.1) is 0 Å². The summed E-state index contributed by atoms with van der Waals surface area (Å²) in [6.45, 7) is 6.48. The van der Waals surface area contributed by atoms with Gasteiger partial charge >= 0.3 is 17.9 Å². The quantitative estimate of drug-likeness (QED) is 0.0262. The second-order valence-electron chi connectivity index (χ2n) is 17.4. The molecule has 62 heavy (non-hydrogen) atoms. The Hall–Kier alpha value is -2.89. The van der Waals surface area contributed by atoms with E-state index in [9.17, 15) is 14.4 Å². The second kappa shape index (κ2) is 50.8. The molecule has 0 heterocycles. The minimum atomic E-state index is -0.786. The Morgan fingerprint density at radius 3 is 1.03 bits per heavy atom. The summed E-state index contributed by atoms with van der Waals surface area (Å²) in [6, 6.07) is 0. The van der Waals surface area contributed by atoms with Gasteiger partial charge in [-0.1, -0.05) is 197 Å². The number of hydrogen-bond donors (Lipinski definition) is 0. The monoisotopic (exact) mass is 867 g/mol. The molecule has 0 aliphatic carbocycles. The number of carbonyl (C=O) groups excluding carboxylic acids is 3. The van der Waals surface area contributed by atoms with Gasteiger partial charge in [0, 0.05) is 19.3 Å². The molecule has 0 saturated carbocycles. The minimum Gasteiger partial charge on any atom is -0.462 e. The summed E-state index contributed by atoms with van der Waals surface area (Å²) in [5, 5.41) is 0. The summed E-state index contributed by atoms with van der Waals surface area (Å²) in [5.74, 6) is -0.914. The Morgan fingerprint density at radius 1 is 0.339 bits per heavy atom. The fraction of sp³-hybridized carbons (Fsp3) is 0.768. The van der Waals surface area contributed by atoms with Crippen molar-refractivity contribution < 1.29 is 28.6 Å². The lowest BCUT2D eigenvalue weighted by molar-refractivity contribution is -0.167. The van der Waals surface area contributed by atoms with Crippen molar-refractivity contribution in [1.82, 2.24) is 0 Å². The average Bonchev–Trinajstić information content (AvgIpc) is 3.27. The molecule has 0 aliphatic rings. The van der Waals surface area contributed by atoms with Crippen LogP contribution in [0, 0.1) is 0 Å². The highest BCUT2D eigenvalue weighted by Crippen LogP contribution is 2.14. The first-order valence-corrected chi connectivity index (χ1v) is 26.3. The van der Waals surface area contributed by atoms with Crippen LogP contribution in [0.3, 0.4) is 0 Å². The lowest BCUT2D eigenvalue weighted by Gasteiger charge is -2.18. The lowest BCUT2D eigenvalue weighted by atomic mass is 10.1. The van der Waals surface area contributed by atoms with E-state index in [1.54, 1.807) is 0 Å². The van der Waals surface area contributed by atoms with Gasteiger partial charge in [-0.2, -0.15) is 0 Å². The third-order valence-electron chi connectivity index (χ3n) is 11.2. The van der Waals surface area contributed by atoms with Crippen molar-refractivity contribution in [3.8, 4) is 0 Å². The van der Waals surface area contributed by atoms with Crippen molar-refractivity contribution in [3.05, 3.63) is 60.8 Å². The molecule has 1 atom stereocenters. The van der Waals surface area contributed by atoms with Crippen molar-refractivity contribution in [1.29, 1.82) is 0 Å². The van der Waals surface area contributed by atoms with Gasteiger partial charge in [0.2, 0.25) is 0 Å². The molecule has 0 bridgehead atoms. The Balaban J connectivity index is 4.40. The first-order valence-electron chi connectivity index (χ1n) is 26.3. The minimum absolute atomic E-state index is 0.0861. The molecule has 1 unspecified atom stereocenters. The number of allylic oxidation sites excluding steroid dienone is 10.